The molecule has 1 atom stereocenters. The Morgan fingerprint density at radius 1 is 1.31 bits per heavy atom. The van der Waals surface area contributed by atoms with Crippen LogP contribution in [0.4, 0.5) is 0 Å². The van der Waals surface area contributed by atoms with E-state index < -0.39 is 0 Å². The Bertz CT molecular complexity index is 311. The van der Waals surface area contributed by atoms with Gasteiger partial charge in [0.1, 0.15) is 0 Å². The van der Waals surface area contributed by atoms with Gasteiger partial charge in [0.05, 0.1) is 0 Å². The van der Waals surface area contributed by atoms with E-state index in [0.29, 0.717) is 12.3 Å². The van der Waals surface area contributed by atoms with Crippen LogP contribution in [-0.2, 0) is 4.79 Å². The molecular formula is C13H20N2O. The Balaban J connectivity index is 2.21. The molecule has 3 nitrogen and oxygen atoms in total. The van der Waals surface area contributed by atoms with Crippen molar-refractivity contribution in [3.8, 4) is 0 Å². The number of rotatable bonds is 6. The summed E-state index contributed by atoms with van der Waals surface area (Å²) in [6.07, 6.45) is 0.540. The molecule has 1 aromatic carbocycles. The highest BCUT2D eigenvalue weighted by atomic mass is 16.1. The molecule has 0 heterocycles. The van der Waals surface area contributed by atoms with Gasteiger partial charge in [-0.25, -0.2) is 0 Å². The molecule has 0 fully saturated rings. The number of amides is 1. The van der Waals surface area contributed by atoms with Crippen LogP contribution in [0.2, 0.25) is 0 Å². The Morgan fingerprint density at radius 3 is 2.62 bits per heavy atom. The van der Waals surface area contributed by atoms with Crippen molar-refractivity contribution in [2.24, 2.45) is 0 Å². The lowest BCUT2D eigenvalue weighted by Gasteiger charge is -2.12. The van der Waals surface area contributed by atoms with Crippen molar-refractivity contribution in [2.75, 3.05) is 20.1 Å². The first-order valence-corrected chi connectivity index (χ1v) is 5.70. The van der Waals surface area contributed by atoms with Gasteiger partial charge in [-0.2, -0.15) is 0 Å². The van der Waals surface area contributed by atoms with Crippen LogP contribution in [0, 0.1) is 0 Å². The molecule has 1 aromatic rings. The normalized spacial score (nSPS) is 12.1. The maximum atomic E-state index is 11.0. The van der Waals surface area contributed by atoms with Gasteiger partial charge in [0.2, 0.25) is 5.91 Å². The van der Waals surface area contributed by atoms with Crippen LogP contribution in [0.15, 0.2) is 30.3 Å². The fourth-order valence-corrected chi connectivity index (χ4v) is 1.54. The summed E-state index contributed by atoms with van der Waals surface area (Å²) in [5, 5.41) is 5.89. The number of carbonyl (C=O) groups is 1. The molecule has 1 amide bonds. The van der Waals surface area contributed by atoms with Crippen LogP contribution in [-0.4, -0.2) is 26.0 Å². The zero-order valence-electron chi connectivity index (χ0n) is 9.99. The van der Waals surface area contributed by atoms with E-state index in [0.717, 1.165) is 13.1 Å². The number of hydrogen-bond donors (Lipinski definition) is 2. The van der Waals surface area contributed by atoms with Crippen LogP contribution >= 0.6 is 0 Å². The Kier molecular flexibility index (Phi) is 5.57. The topological polar surface area (TPSA) is 41.1 Å². The molecule has 0 saturated heterocycles. The van der Waals surface area contributed by atoms with Crippen molar-refractivity contribution in [1.29, 1.82) is 0 Å². The average molecular weight is 220 g/mol. The number of hydrogen-bond acceptors (Lipinski definition) is 2. The van der Waals surface area contributed by atoms with Gasteiger partial charge in [-0.15, -0.1) is 0 Å². The quantitative estimate of drug-likeness (QED) is 0.714. The summed E-state index contributed by atoms with van der Waals surface area (Å²) >= 11 is 0. The number of nitrogens with one attached hydrogen (secondary N) is 2. The fourth-order valence-electron chi connectivity index (χ4n) is 1.54. The summed E-state index contributed by atoms with van der Waals surface area (Å²) in [5.74, 6) is 0.561. The minimum atomic E-state index is 0.0832. The second-order valence-electron chi connectivity index (χ2n) is 3.94. The van der Waals surface area contributed by atoms with Gasteiger partial charge in [-0.05, 0) is 11.5 Å². The monoisotopic (exact) mass is 220 g/mol. The van der Waals surface area contributed by atoms with Gasteiger partial charge in [0.25, 0.3) is 0 Å². The third-order valence-electron chi connectivity index (χ3n) is 2.63. The van der Waals surface area contributed by atoms with Crippen molar-refractivity contribution >= 4 is 5.91 Å². The third kappa shape index (κ3) is 4.45. The summed E-state index contributed by atoms with van der Waals surface area (Å²) in [6.45, 7) is 3.82. The molecule has 0 aliphatic carbocycles. The zero-order valence-corrected chi connectivity index (χ0v) is 9.99. The minimum absolute atomic E-state index is 0.0832. The summed E-state index contributed by atoms with van der Waals surface area (Å²) in [6, 6.07) is 10.4. The van der Waals surface area contributed by atoms with E-state index in [9.17, 15) is 4.79 Å². The first kappa shape index (κ1) is 12.7. The summed E-state index contributed by atoms with van der Waals surface area (Å²) in [5.41, 5.74) is 1.33. The summed E-state index contributed by atoms with van der Waals surface area (Å²) in [4.78, 5) is 11.0. The Hall–Kier alpha value is -1.35. The van der Waals surface area contributed by atoms with Crippen molar-refractivity contribution in [3.63, 3.8) is 0 Å². The molecule has 0 spiro atoms. The number of benzene rings is 1. The highest BCUT2D eigenvalue weighted by Crippen LogP contribution is 2.12. The molecule has 1 unspecified atom stereocenters. The van der Waals surface area contributed by atoms with Crippen LogP contribution in [0.1, 0.15) is 24.8 Å². The molecule has 0 radical (unpaired) electrons. The molecule has 0 bridgehead atoms. The van der Waals surface area contributed by atoms with E-state index >= 15 is 0 Å². The zero-order chi connectivity index (χ0) is 11.8. The van der Waals surface area contributed by atoms with E-state index in [2.05, 4.69) is 41.8 Å². The molecule has 88 valence electrons. The highest BCUT2D eigenvalue weighted by molar-refractivity contribution is 5.75. The molecule has 0 aromatic heterocycles. The summed E-state index contributed by atoms with van der Waals surface area (Å²) in [7, 11) is 1.66. The molecule has 0 aliphatic rings. The smallest absolute Gasteiger partial charge is 0.221 e. The van der Waals surface area contributed by atoms with Crippen molar-refractivity contribution < 1.29 is 4.79 Å². The second kappa shape index (κ2) is 7.01. The van der Waals surface area contributed by atoms with E-state index in [1.807, 2.05) is 6.07 Å². The van der Waals surface area contributed by atoms with Crippen LogP contribution in [0.5, 0.6) is 0 Å². The molecule has 16 heavy (non-hydrogen) atoms. The van der Waals surface area contributed by atoms with E-state index in [-0.39, 0.29) is 5.91 Å². The van der Waals surface area contributed by atoms with Crippen LogP contribution < -0.4 is 10.6 Å². The van der Waals surface area contributed by atoms with Crippen molar-refractivity contribution in [3.05, 3.63) is 35.9 Å². The fraction of sp³-hybridized carbons (Fsp3) is 0.462. The minimum Gasteiger partial charge on any atom is -0.359 e. The molecule has 3 heteroatoms. The third-order valence-corrected chi connectivity index (χ3v) is 2.63. The molecule has 0 saturated carbocycles. The standard InChI is InChI=1S/C13H20N2O/c1-11(12-6-4-3-5-7-12)10-15-9-8-13(16)14-2/h3-7,11,15H,8-10H2,1-2H3,(H,14,16). The van der Waals surface area contributed by atoms with E-state index in [1.165, 1.54) is 5.56 Å². The Labute approximate surface area is 97.2 Å². The maximum Gasteiger partial charge on any atom is 0.221 e. The molecule has 2 N–H and O–H groups in total. The lowest BCUT2D eigenvalue weighted by Crippen LogP contribution is -2.27. The molecular weight excluding hydrogens is 200 g/mol. The van der Waals surface area contributed by atoms with E-state index in [4.69, 9.17) is 0 Å². The highest BCUT2D eigenvalue weighted by Gasteiger charge is 2.04. The van der Waals surface area contributed by atoms with Gasteiger partial charge < -0.3 is 10.6 Å². The van der Waals surface area contributed by atoms with Gasteiger partial charge >= 0.3 is 0 Å². The van der Waals surface area contributed by atoms with Crippen LogP contribution in [0.25, 0.3) is 0 Å². The molecule has 1 rings (SSSR count). The summed E-state index contributed by atoms with van der Waals surface area (Å²) < 4.78 is 0. The average Bonchev–Trinajstić information content (AvgIpc) is 2.35. The molecule has 0 aliphatic heterocycles. The van der Waals surface area contributed by atoms with Crippen molar-refractivity contribution in [1.82, 2.24) is 10.6 Å². The second-order valence-corrected chi connectivity index (χ2v) is 3.94. The van der Waals surface area contributed by atoms with Gasteiger partial charge in [0, 0.05) is 26.6 Å². The predicted octanol–water partition coefficient (Wildman–Crippen LogP) is 1.52. The predicted molar refractivity (Wildman–Crippen MR) is 66.4 cm³/mol. The van der Waals surface area contributed by atoms with Gasteiger partial charge in [-0.1, -0.05) is 37.3 Å². The van der Waals surface area contributed by atoms with E-state index in [1.54, 1.807) is 7.05 Å². The first-order valence-electron chi connectivity index (χ1n) is 5.70. The van der Waals surface area contributed by atoms with Crippen molar-refractivity contribution in [2.45, 2.75) is 19.3 Å². The lowest BCUT2D eigenvalue weighted by molar-refractivity contribution is -0.120. The maximum absolute atomic E-state index is 11.0. The number of carbonyl (C=O) groups excluding carboxylic acids is 1. The van der Waals surface area contributed by atoms with Gasteiger partial charge in [0.15, 0.2) is 0 Å². The van der Waals surface area contributed by atoms with Gasteiger partial charge in [-0.3, -0.25) is 4.79 Å². The Morgan fingerprint density at radius 2 is 2.00 bits per heavy atom. The SMILES string of the molecule is CNC(=O)CCNCC(C)c1ccccc1. The lowest BCUT2D eigenvalue weighted by atomic mass is 10.0. The first-order chi connectivity index (χ1) is 7.74. The van der Waals surface area contributed by atoms with Crippen LogP contribution in [0.3, 0.4) is 0 Å². The largest absolute Gasteiger partial charge is 0.359 e.